The molecule has 2 aliphatic carbocycles. The third-order valence-corrected chi connectivity index (χ3v) is 10.8. The van der Waals surface area contributed by atoms with E-state index in [0.29, 0.717) is 12.6 Å². The van der Waals surface area contributed by atoms with E-state index in [1.54, 1.807) is 11.8 Å². The van der Waals surface area contributed by atoms with Crippen LogP contribution < -0.4 is 4.74 Å². The summed E-state index contributed by atoms with van der Waals surface area (Å²) in [6.07, 6.45) is 14.0. The summed E-state index contributed by atoms with van der Waals surface area (Å²) in [7, 11) is 0. The van der Waals surface area contributed by atoms with Gasteiger partial charge in [0.05, 0.1) is 18.1 Å². The number of ether oxygens (including phenoxy) is 1. The predicted octanol–water partition coefficient (Wildman–Crippen LogP) is 9.57. The maximum atomic E-state index is 13.8. The maximum Gasteiger partial charge on any atom is 0.266 e. The highest BCUT2D eigenvalue weighted by Gasteiger charge is 2.39. The lowest BCUT2D eigenvalue weighted by atomic mass is 9.94. The van der Waals surface area contributed by atoms with Crippen molar-refractivity contribution in [2.24, 2.45) is 4.99 Å². The Labute approximate surface area is 268 Å². The summed E-state index contributed by atoms with van der Waals surface area (Å²) in [5.74, 6) is 1.03. The number of halogens is 2. The van der Waals surface area contributed by atoms with Crippen molar-refractivity contribution in [3.05, 3.63) is 77.8 Å². The van der Waals surface area contributed by atoms with Crippen molar-refractivity contribution in [2.75, 3.05) is 0 Å². The highest BCUT2D eigenvalue weighted by molar-refractivity contribution is 14.1. The number of rotatable bonds is 6. The Morgan fingerprint density at radius 3 is 2.27 bits per heavy atom. The molecule has 3 aliphatic rings. The number of fused-ring (bicyclic) bond motifs is 1. The van der Waals surface area contributed by atoms with Gasteiger partial charge in [-0.1, -0.05) is 74.9 Å². The molecule has 3 aromatic carbocycles. The van der Waals surface area contributed by atoms with Crippen LogP contribution in [0.1, 0.15) is 75.3 Å². The van der Waals surface area contributed by atoms with Gasteiger partial charge >= 0.3 is 0 Å². The van der Waals surface area contributed by atoms with E-state index < -0.39 is 0 Å². The molecule has 0 aromatic heterocycles. The maximum absolute atomic E-state index is 13.8. The van der Waals surface area contributed by atoms with Crippen molar-refractivity contribution in [1.82, 2.24) is 4.90 Å². The van der Waals surface area contributed by atoms with Crippen molar-refractivity contribution in [1.29, 1.82) is 0 Å². The SMILES string of the molecule is O=C1C(=Cc2cc(I)c(OCc3ccc4ccccc4c3)c(I)c2)SC(=NC2CCCCC2)N1C1CCCCC1. The van der Waals surface area contributed by atoms with Crippen molar-refractivity contribution in [3.63, 3.8) is 0 Å². The van der Waals surface area contributed by atoms with Gasteiger partial charge in [-0.25, -0.2) is 0 Å². The first-order chi connectivity index (χ1) is 19.5. The van der Waals surface area contributed by atoms with E-state index >= 15 is 0 Å². The van der Waals surface area contributed by atoms with E-state index in [0.717, 1.165) is 59.8 Å². The molecule has 1 heterocycles. The number of aliphatic imine (C=N–C) groups is 1. The minimum atomic E-state index is 0.133. The largest absolute Gasteiger partial charge is 0.487 e. The molecule has 0 radical (unpaired) electrons. The standard InChI is InChI=1S/C33H34I2N2O2S/c34-28-18-23(19-29(35)31(28)39-21-22-15-16-24-9-7-8-10-25(24)17-22)20-30-32(38)37(27-13-5-2-6-14-27)33(40-30)36-26-11-3-1-4-12-26/h7-10,15-20,26-27H,1-6,11-14,21H2. The quantitative estimate of drug-likeness (QED) is 0.185. The second-order valence-electron chi connectivity index (χ2n) is 11.1. The summed E-state index contributed by atoms with van der Waals surface area (Å²) < 4.78 is 8.41. The first-order valence-electron chi connectivity index (χ1n) is 14.5. The lowest BCUT2D eigenvalue weighted by molar-refractivity contribution is -0.124. The molecule has 1 aliphatic heterocycles. The van der Waals surface area contributed by atoms with Gasteiger partial charge in [0, 0.05) is 6.04 Å². The summed E-state index contributed by atoms with van der Waals surface area (Å²) in [6, 6.07) is 19.8. The summed E-state index contributed by atoms with van der Waals surface area (Å²) >= 11 is 6.30. The topological polar surface area (TPSA) is 41.9 Å². The minimum absolute atomic E-state index is 0.133. The van der Waals surface area contributed by atoms with Gasteiger partial charge in [-0.2, -0.15) is 0 Å². The second kappa shape index (κ2) is 13.2. The highest BCUT2D eigenvalue weighted by atomic mass is 127. The zero-order chi connectivity index (χ0) is 27.5. The Morgan fingerprint density at radius 1 is 0.875 bits per heavy atom. The highest BCUT2D eigenvalue weighted by Crippen LogP contribution is 2.39. The van der Waals surface area contributed by atoms with Crippen LogP contribution in [0.3, 0.4) is 0 Å². The smallest absolute Gasteiger partial charge is 0.266 e. The molecule has 0 N–H and O–H groups in total. The predicted molar refractivity (Wildman–Crippen MR) is 184 cm³/mol. The number of benzene rings is 3. The first-order valence-corrected chi connectivity index (χ1v) is 17.4. The molecule has 3 fully saturated rings. The van der Waals surface area contributed by atoms with Gasteiger partial charge in [0.25, 0.3) is 5.91 Å². The molecule has 40 heavy (non-hydrogen) atoms. The van der Waals surface area contributed by atoms with Crippen molar-refractivity contribution >= 4 is 84.9 Å². The molecule has 2 saturated carbocycles. The van der Waals surface area contributed by atoms with Crippen molar-refractivity contribution in [2.45, 2.75) is 82.9 Å². The lowest BCUT2D eigenvalue weighted by Gasteiger charge is -2.31. The Morgan fingerprint density at radius 2 is 1.55 bits per heavy atom. The molecule has 0 spiro atoms. The Bertz CT molecular complexity index is 1430. The number of thioether (sulfide) groups is 1. The Kier molecular flexibility index (Phi) is 9.38. The monoisotopic (exact) mass is 776 g/mol. The lowest BCUT2D eigenvalue weighted by Crippen LogP contribution is -2.41. The number of carbonyl (C=O) groups excluding carboxylic acids is 1. The van der Waals surface area contributed by atoms with Crippen molar-refractivity contribution < 1.29 is 9.53 Å². The van der Waals surface area contributed by atoms with E-state index in [2.05, 4.69) is 111 Å². The van der Waals surface area contributed by atoms with E-state index in [-0.39, 0.29) is 11.9 Å². The van der Waals surface area contributed by atoms with E-state index in [1.165, 1.54) is 49.3 Å². The van der Waals surface area contributed by atoms with Crippen LogP contribution >= 0.6 is 56.9 Å². The number of amides is 1. The van der Waals surface area contributed by atoms with Gasteiger partial charge < -0.3 is 4.74 Å². The molecule has 0 bridgehead atoms. The minimum Gasteiger partial charge on any atom is -0.487 e. The molecule has 208 valence electrons. The van der Waals surface area contributed by atoms with Gasteiger partial charge in [0.2, 0.25) is 0 Å². The zero-order valence-corrected chi connectivity index (χ0v) is 27.7. The summed E-state index contributed by atoms with van der Waals surface area (Å²) in [6.45, 7) is 0.517. The summed E-state index contributed by atoms with van der Waals surface area (Å²) in [5.41, 5.74) is 2.18. The van der Waals surface area contributed by atoms with Gasteiger partial charge in [-0.15, -0.1) is 0 Å². The van der Waals surface area contributed by atoms with Crippen LogP contribution in [0.2, 0.25) is 0 Å². The molecule has 3 aromatic rings. The average Bonchev–Trinajstić information content (AvgIpc) is 3.27. The van der Waals surface area contributed by atoms with Crippen LogP contribution in [0.4, 0.5) is 0 Å². The summed E-state index contributed by atoms with van der Waals surface area (Å²) in [5, 5.41) is 3.40. The number of amidine groups is 1. The van der Waals surface area contributed by atoms with E-state index in [1.807, 2.05) is 0 Å². The van der Waals surface area contributed by atoms with Gasteiger partial charge in [-0.05, 0) is 129 Å². The number of carbonyl (C=O) groups is 1. The number of hydrogen-bond donors (Lipinski definition) is 0. The van der Waals surface area contributed by atoms with Crippen LogP contribution in [0.15, 0.2) is 64.5 Å². The molecular weight excluding hydrogens is 742 g/mol. The molecule has 1 saturated heterocycles. The van der Waals surface area contributed by atoms with E-state index in [4.69, 9.17) is 9.73 Å². The fourth-order valence-corrected chi connectivity index (χ4v) is 9.28. The molecule has 6 rings (SSSR count). The average molecular weight is 777 g/mol. The molecule has 0 unspecified atom stereocenters. The Hall–Kier alpha value is -1.59. The normalized spacial score (nSPS) is 21.1. The second-order valence-corrected chi connectivity index (χ2v) is 14.4. The fourth-order valence-electron chi connectivity index (χ4n) is 6.04. The van der Waals surface area contributed by atoms with Crippen molar-refractivity contribution in [3.8, 4) is 5.75 Å². The van der Waals surface area contributed by atoms with Gasteiger partial charge in [-0.3, -0.25) is 14.7 Å². The zero-order valence-electron chi connectivity index (χ0n) is 22.6. The molecule has 1 amide bonds. The van der Waals surface area contributed by atoms with Gasteiger partial charge in [0.1, 0.15) is 12.4 Å². The van der Waals surface area contributed by atoms with Crippen LogP contribution in [-0.2, 0) is 11.4 Å². The van der Waals surface area contributed by atoms with E-state index in [9.17, 15) is 4.79 Å². The van der Waals surface area contributed by atoms with Crippen LogP contribution in [0.25, 0.3) is 16.8 Å². The number of nitrogens with zero attached hydrogens (tertiary/aromatic N) is 2. The first kappa shape index (κ1) is 28.5. The summed E-state index contributed by atoms with van der Waals surface area (Å²) in [4.78, 5) is 21.8. The van der Waals surface area contributed by atoms with Crippen LogP contribution in [-0.4, -0.2) is 28.1 Å². The molecule has 0 atom stereocenters. The fraction of sp³-hybridized carbons (Fsp3) is 0.394. The van der Waals surface area contributed by atoms with Gasteiger partial charge in [0.15, 0.2) is 5.17 Å². The van der Waals surface area contributed by atoms with Crippen LogP contribution in [0, 0.1) is 7.14 Å². The van der Waals surface area contributed by atoms with Crippen LogP contribution in [0.5, 0.6) is 5.75 Å². The molecule has 4 nitrogen and oxygen atoms in total. The third-order valence-electron chi connectivity index (χ3n) is 8.16. The molecular formula is C33H34I2N2O2S. The third kappa shape index (κ3) is 6.56. The Balaban J connectivity index is 1.22. The molecule has 7 heteroatoms. The number of hydrogen-bond acceptors (Lipinski definition) is 4.